The van der Waals surface area contributed by atoms with Crippen LogP contribution in [0.25, 0.3) is 11.0 Å². The lowest BCUT2D eigenvalue weighted by molar-refractivity contribution is 0.0697. The SMILES string of the molecule is O=C(O)c1ccc2c(c1)nc(C1CC1)n2C1CCOC1. The number of carbonyl (C=O) groups is 1. The highest BCUT2D eigenvalue weighted by molar-refractivity contribution is 5.92. The first-order valence-corrected chi connectivity index (χ1v) is 7.07. The minimum atomic E-state index is -0.904. The van der Waals surface area contributed by atoms with Crippen LogP contribution in [0, 0.1) is 0 Å². The van der Waals surface area contributed by atoms with Crippen LogP contribution < -0.4 is 0 Å². The fraction of sp³-hybridized carbons (Fsp3) is 0.467. The minimum Gasteiger partial charge on any atom is -0.478 e. The summed E-state index contributed by atoms with van der Waals surface area (Å²) < 4.78 is 7.79. The summed E-state index contributed by atoms with van der Waals surface area (Å²) in [5, 5.41) is 9.10. The number of aromatic carboxylic acids is 1. The molecule has 0 amide bonds. The number of hydrogen-bond acceptors (Lipinski definition) is 3. The van der Waals surface area contributed by atoms with Crippen LogP contribution in [-0.4, -0.2) is 33.8 Å². The van der Waals surface area contributed by atoms with Crippen molar-refractivity contribution in [1.29, 1.82) is 0 Å². The van der Waals surface area contributed by atoms with Crippen molar-refractivity contribution in [3.63, 3.8) is 0 Å². The molecule has 1 saturated carbocycles. The number of imidazole rings is 1. The van der Waals surface area contributed by atoms with Gasteiger partial charge >= 0.3 is 5.97 Å². The molecule has 0 spiro atoms. The fourth-order valence-electron chi connectivity index (χ4n) is 2.99. The zero-order valence-electron chi connectivity index (χ0n) is 11.1. The predicted molar refractivity (Wildman–Crippen MR) is 73.1 cm³/mol. The van der Waals surface area contributed by atoms with Gasteiger partial charge in [-0.05, 0) is 37.5 Å². The van der Waals surface area contributed by atoms with Crippen molar-refractivity contribution in [2.75, 3.05) is 13.2 Å². The highest BCUT2D eigenvalue weighted by Gasteiger charge is 2.33. The van der Waals surface area contributed by atoms with E-state index in [-0.39, 0.29) is 0 Å². The van der Waals surface area contributed by atoms with Crippen molar-refractivity contribution >= 4 is 17.0 Å². The zero-order chi connectivity index (χ0) is 13.7. The molecule has 5 heteroatoms. The summed E-state index contributed by atoms with van der Waals surface area (Å²) in [4.78, 5) is 15.8. The van der Waals surface area contributed by atoms with Gasteiger partial charge in [0.1, 0.15) is 5.82 Å². The summed E-state index contributed by atoms with van der Waals surface area (Å²) in [7, 11) is 0. The van der Waals surface area contributed by atoms with E-state index in [0.717, 1.165) is 36.5 Å². The number of benzene rings is 1. The van der Waals surface area contributed by atoms with Crippen LogP contribution in [0.15, 0.2) is 18.2 Å². The molecule has 4 rings (SSSR count). The number of carboxylic acid groups (broad SMARTS) is 1. The molecule has 2 aromatic rings. The van der Waals surface area contributed by atoms with E-state index in [2.05, 4.69) is 4.57 Å². The average Bonchev–Trinajstić information content (AvgIpc) is 3.01. The Labute approximate surface area is 116 Å². The van der Waals surface area contributed by atoms with E-state index in [1.54, 1.807) is 12.1 Å². The highest BCUT2D eigenvalue weighted by atomic mass is 16.5. The second kappa shape index (κ2) is 4.31. The summed E-state index contributed by atoms with van der Waals surface area (Å²) in [5.41, 5.74) is 2.12. The molecule has 1 N–H and O–H groups in total. The number of nitrogens with zero attached hydrogens (tertiary/aromatic N) is 2. The quantitative estimate of drug-likeness (QED) is 0.932. The van der Waals surface area contributed by atoms with Crippen LogP contribution >= 0.6 is 0 Å². The van der Waals surface area contributed by atoms with Gasteiger partial charge in [0.15, 0.2) is 0 Å². The van der Waals surface area contributed by atoms with Gasteiger partial charge in [-0.3, -0.25) is 0 Å². The molecule has 0 radical (unpaired) electrons. The van der Waals surface area contributed by atoms with E-state index in [9.17, 15) is 4.79 Å². The van der Waals surface area contributed by atoms with E-state index < -0.39 is 5.97 Å². The molecular formula is C15H16N2O3. The standard InChI is InChI=1S/C15H16N2O3/c18-15(19)10-3-4-13-12(7-10)16-14(9-1-2-9)17(13)11-5-6-20-8-11/h3-4,7,9,11H,1-2,5-6,8H2,(H,18,19). The Morgan fingerprint density at radius 1 is 1.35 bits per heavy atom. The lowest BCUT2D eigenvalue weighted by Crippen LogP contribution is -2.11. The maximum Gasteiger partial charge on any atom is 0.335 e. The number of hydrogen-bond donors (Lipinski definition) is 1. The van der Waals surface area contributed by atoms with Crippen LogP contribution in [0.1, 0.15) is 47.4 Å². The number of fused-ring (bicyclic) bond motifs is 1. The van der Waals surface area contributed by atoms with Gasteiger partial charge < -0.3 is 14.4 Å². The number of carboxylic acids is 1. The monoisotopic (exact) mass is 272 g/mol. The van der Waals surface area contributed by atoms with Crippen molar-refractivity contribution in [3.8, 4) is 0 Å². The van der Waals surface area contributed by atoms with Gasteiger partial charge in [-0.25, -0.2) is 9.78 Å². The second-order valence-electron chi connectivity index (χ2n) is 5.64. The van der Waals surface area contributed by atoms with E-state index in [0.29, 0.717) is 17.5 Å². The summed E-state index contributed by atoms with van der Waals surface area (Å²) in [6.07, 6.45) is 3.37. The van der Waals surface area contributed by atoms with Gasteiger partial charge in [-0.15, -0.1) is 0 Å². The molecule has 20 heavy (non-hydrogen) atoms. The van der Waals surface area contributed by atoms with Crippen molar-refractivity contribution in [2.45, 2.75) is 31.2 Å². The topological polar surface area (TPSA) is 64.3 Å². The minimum absolute atomic E-state index is 0.298. The molecule has 1 aromatic heterocycles. The van der Waals surface area contributed by atoms with Crippen LogP contribution in [0.4, 0.5) is 0 Å². The van der Waals surface area contributed by atoms with Gasteiger partial charge in [0.25, 0.3) is 0 Å². The number of rotatable bonds is 3. The molecule has 0 bridgehead atoms. The average molecular weight is 272 g/mol. The number of ether oxygens (including phenoxy) is 1. The normalized spacial score (nSPS) is 22.5. The third-order valence-corrected chi connectivity index (χ3v) is 4.18. The number of aromatic nitrogens is 2. The van der Waals surface area contributed by atoms with Gasteiger partial charge in [-0.1, -0.05) is 0 Å². The van der Waals surface area contributed by atoms with E-state index in [4.69, 9.17) is 14.8 Å². The summed E-state index contributed by atoms with van der Waals surface area (Å²) in [6, 6.07) is 5.56. The van der Waals surface area contributed by atoms with Crippen molar-refractivity contribution in [3.05, 3.63) is 29.6 Å². The van der Waals surface area contributed by atoms with Gasteiger partial charge in [0.2, 0.25) is 0 Å². The molecule has 2 fully saturated rings. The Kier molecular flexibility index (Phi) is 2.57. The predicted octanol–water partition coefficient (Wildman–Crippen LogP) is 2.57. The Morgan fingerprint density at radius 3 is 2.85 bits per heavy atom. The fourth-order valence-corrected chi connectivity index (χ4v) is 2.99. The van der Waals surface area contributed by atoms with Gasteiger partial charge in [0.05, 0.1) is 29.2 Å². The van der Waals surface area contributed by atoms with Gasteiger partial charge in [0, 0.05) is 12.5 Å². The van der Waals surface area contributed by atoms with E-state index in [1.165, 1.54) is 12.8 Å². The smallest absolute Gasteiger partial charge is 0.335 e. The van der Waals surface area contributed by atoms with E-state index >= 15 is 0 Å². The van der Waals surface area contributed by atoms with Gasteiger partial charge in [-0.2, -0.15) is 0 Å². The largest absolute Gasteiger partial charge is 0.478 e. The molecule has 1 aliphatic carbocycles. The van der Waals surface area contributed by atoms with Crippen LogP contribution in [0.5, 0.6) is 0 Å². The maximum absolute atomic E-state index is 11.1. The first-order valence-electron chi connectivity index (χ1n) is 7.07. The van der Waals surface area contributed by atoms with Crippen LogP contribution in [0.3, 0.4) is 0 Å². The van der Waals surface area contributed by atoms with Crippen molar-refractivity contribution in [2.24, 2.45) is 0 Å². The molecule has 1 unspecified atom stereocenters. The molecule has 104 valence electrons. The Morgan fingerprint density at radius 2 is 2.20 bits per heavy atom. The lowest BCUT2D eigenvalue weighted by atomic mass is 10.2. The Balaban J connectivity index is 1.89. The second-order valence-corrected chi connectivity index (χ2v) is 5.64. The summed E-state index contributed by atoms with van der Waals surface area (Å²) >= 11 is 0. The first-order chi connectivity index (χ1) is 9.74. The van der Waals surface area contributed by atoms with Crippen molar-refractivity contribution in [1.82, 2.24) is 9.55 Å². The van der Waals surface area contributed by atoms with Crippen molar-refractivity contribution < 1.29 is 14.6 Å². The molecule has 2 aliphatic rings. The molecule has 5 nitrogen and oxygen atoms in total. The summed E-state index contributed by atoms with van der Waals surface area (Å²) in [6.45, 7) is 1.52. The molecule has 1 atom stereocenters. The third kappa shape index (κ3) is 1.81. The van der Waals surface area contributed by atoms with E-state index in [1.807, 2.05) is 6.07 Å². The molecule has 1 aliphatic heterocycles. The maximum atomic E-state index is 11.1. The first kappa shape index (κ1) is 11.9. The molecule has 2 heterocycles. The molecule has 1 aromatic carbocycles. The summed E-state index contributed by atoms with van der Waals surface area (Å²) in [5.74, 6) is 0.743. The molecular weight excluding hydrogens is 256 g/mol. The Bertz CT molecular complexity index is 682. The zero-order valence-corrected chi connectivity index (χ0v) is 11.1. The molecule has 1 saturated heterocycles. The van der Waals surface area contributed by atoms with Crippen LogP contribution in [0.2, 0.25) is 0 Å². The Hall–Kier alpha value is -1.88. The van der Waals surface area contributed by atoms with Crippen LogP contribution in [-0.2, 0) is 4.74 Å². The third-order valence-electron chi connectivity index (χ3n) is 4.18. The highest BCUT2D eigenvalue weighted by Crippen LogP contribution is 2.42. The lowest BCUT2D eigenvalue weighted by Gasteiger charge is -2.14.